The lowest BCUT2D eigenvalue weighted by Crippen LogP contribution is -2.38. The summed E-state index contributed by atoms with van der Waals surface area (Å²) in [7, 11) is 0. The van der Waals surface area contributed by atoms with Gasteiger partial charge < -0.3 is 10.6 Å². The maximum absolute atomic E-state index is 11.6. The van der Waals surface area contributed by atoms with E-state index in [1.807, 2.05) is 0 Å². The summed E-state index contributed by atoms with van der Waals surface area (Å²) < 4.78 is 0. The van der Waals surface area contributed by atoms with Crippen LogP contribution in [-0.4, -0.2) is 25.0 Å². The second kappa shape index (κ2) is 8.51. The topological polar surface area (TPSA) is 41.1 Å². The molecule has 1 amide bonds. The molecule has 1 saturated carbocycles. The van der Waals surface area contributed by atoms with Crippen LogP contribution in [0.25, 0.3) is 0 Å². The number of likely N-dealkylation sites (N-methyl/N-ethyl adjacent to an activating group) is 1. The summed E-state index contributed by atoms with van der Waals surface area (Å²) in [6.45, 7) is 5.89. The first-order chi connectivity index (χ1) is 8.22. The van der Waals surface area contributed by atoms with Gasteiger partial charge in [0.25, 0.3) is 0 Å². The molecule has 3 heteroatoms. The van der Waals surface area contributed by atoms with Crippen molar-refractivity contribution in [3.8, 4) is 0 Å². The van der Waals surface area contributed by atoms with Crippen molar-refractivity contribution >= 4 is 5.91 Å². The Morgan fingerprint density at radius 1 is 1.35 bits per heavy atom. The quantitative estimate of drug-likeness (QED) is 0.684. The minimum atomic E-state index is 0.216. The van der Waals surface area contributed by atoms with Gasteiger partial charge in [-0.15, -0.1) is 0 Å². The van der Waals surface area contributed by atoms with Gasteiger partial charge in [-0.1, -0.05) is 32.6 Å². The van der Waals surface area contributed by atoms with Crippen LogP contribution in [-0.2, 0) is 4.79 Å². The molecule has 0 aromatic carbocycles. The van der Waals surface area contributed by atoms with E-state index < -0.39 is 0 Å². The molecule has 100 valence electrons. The van der Waals surface area contributed by atoms with E-state index in [9.17, 15) is 4.79 Å². The highest BCUT2D eigenvalue weighted by Gasteiger charge is 2.14. The molecule has 0 bridgehead atoms. The van der Waals surface area contributed by atoms with Gasteiger partial charge in [0.05, 0.1) is 0 Å². The minimum absolute atomic E-state index is 0.216. The summed E-state index contributed by atoms with van der Waals surface area (Å²) in [5.41, 5.74) is 0. The van der Waals surface area contributed by atoms with Crippen LogP contribution < -0.4 is 10.6 Å². The van der Waals surface area contributed by atoms with Crippen LogP contribution >= 0.6 is 0 Å². The Labute approximate surface area is 106 Å². The van der Waals surface area contributed by atoms with Crippen molar-refractivity contribution in [2.45, 2.75) is 64.8 Å². The normalized spacial score (nSPS) is 18.2. The summed E-state index contributed by atoms with van der Waals surface area (Å²) in [5.74, 6) is 1.12. The second-order valence-electron chi connectivity index (χ2n) is 5.31. The fourth-order valence-electron chi connectivity index (χ4n) is 2.63. The number of hydrogen-bond donors (Lipinski definition) is 2. The largest absolute Gasteiger partial charge is 0.355 e. The van der Waals surface area contributed by atoms with Crippen LogP contribution in [0.15, 0.2) is 0 Å². The van der Waals surface area contributed by atoms with Crippen molar-refractivity contribution in [3.05, 3.63) is 0 Å². The molecular weight excluding hydrogens is 212 g/mol. The molecule has 3 nitrogen and oxygen atoms in total. The van der Waals surface area contributed by atoms with Crippen molar-refractivity contribution in [2.24, 2.45) is 5.92 Å². The van der Waals surface area contributed by atoms with Gasteiger partial charge in [0.1, 0.15) is 0 Å². The molecule has 0 unspecified atom stereocenters. The van der Waals surface area contributed by atoms with E-state index in [4.69, 9.17) is 0 Å². The molecular formula is C14H28N2O. The monoisotopic (exact) mass is 240 g/mol. The van der Waals surface area contributed by atoms with Crippen LogP contribution in [0, 0.1) is 5.92 Å². The SMILES string of the molecule is CCN[C@H](C)CNC(=O)CCCC1CCCC1. The first kappa shape index (κ1) is 14.5. The highest BCUT2D eigenvalue weighted by molar-refractivity contribution is 5.75. The van der Waals surface area contributed by atoms with Gasteiger partial charge in [0.15, 0.2) is 0 Å². The Hall–Kier alpha value is -0.570. The van der Waals surface area contributed by atoms with Crippen molar-refractivity contribution in [1.29, 1.82) is 0 Å². The molecule has 0 aliphatic heterocycles. The van der Waals surface area contributed by atoms with Crippen LogP contribution in [0.5, 0.6) is 0 Å². The van der Waals surface area contributed by atoms with Gasteiger partial charge in [-0.25, -0.2) is 0 Å². The predicted molar refractivity (Wildman–Crippen MR) is 72.0 cm³/mol. The van der Waals surface area contributed by atoms with Gasteiger partial charge in [0, 0.05) is 19.0 Å². The summed E-state index contributed by atoms with van der Waals surface area (Å²) in [4.78, 5) is 11.6. The Bertz CT molecular complexity index is 212. The third-order valence-corrected chi connectivity index (χ3v) is 3.65. The first-order valence-electron chi connectivity index (χ1n) is 7.22. The van der Waals surface area contributed by atoms with E-state index in [-0.39, 0.29) is 5.91 Å². The molecule has 0 aromatic rings. The van der Waals surface area contributed by atoms with Gasteiger partial charge in [-0.3, -0.25) is 4.79 Å². The molecule has 2 N–H and O–H groups in total. The molecule has 0 radical (unpaired) electrons. The van der Waals surface area contributed by atoms with Gasteiger partial charge in [-0.2, -0.15) is 0 Å². The number of amides is 1. The van der Waals surface area contributed by atoms with Crippen LogP contribution in [0.3, 0.4) is 0 Å². The van der Waals surface area contributed by atoms with Crippen molar-refractivity contribution in [3.63, 3.8) is 0 Å². The van der Waals surface area contributed by atoms with Crippen LogP contribution in [0.1, 0.15) is 58.8 Å². The molecule has 17 heavy (non-hydrogen) atoms. The third kappa shape index (κ3) is 6.67. The molecule has 1 aliphatic rings. The van der Waals surface area contributed by atoms with E-state index in [1.54, 1.807) is 0 Å². The molecule has 1 aliphatic carbocycles. The first-order valence-corrected chi connectivity index (χ1v) is 7.22. The van der Waals surface area contributed by atoms with E-state index in [1.165, 1.54) is 32.1 Å². The van der Waals surface area contributed by atoms with Crippen molar-refractivity contribution < 1.29 is 4.79 Å². The summed E-state index contributed by atoms with van der Waals surface area (Å²) in [6.07, 6.45) is 8.59. The number of carbonyl (C=O) groups excluding carboxylic acids is 1. The zero-order valence-electron chi connectivity index (χ0n) is 11.4. The summed E-state index contributed by atoms with van der Waals surface area (Å²) in [5, 5.41) is 6.28. The lowest BCUT2D eigenvalue weighted by atomic mass is 10.0. The van der Waals surface area contributed by atoms with E-state index in [2.05, 4.69) is 24.5 Å². The maximum Gasteiger partial charge on any atom is 0.220 e. The minimum Gasteiger partial charge on any atom is -0.355 e. The number of carbonyl (C=O) groups is 1. The van der Waals surface area contributed by atoms with Crippen molar-refractivity contribution in [2.75, 3.05) is 13.1 Å². The van der Waals surface area contributed by atoms with Crippen LogP contribution in [0.4, 0.5) is 0 Å². The zero-order valence-corrected chi connectivity index (χ0v) is 11.4. The van der Waals surface area contributed by atoms with Crippen molar-refractivity contribution in [1.82, 2.24) is 10.6 Å². The smallest absolute Gasteiger partial charge is 0.220 e. The van der Waals surface area contributed by atoms with E-state index >= 15 is 0 Å². The fraction of sp³-hybridized carbons (Fsp3) is 0.929. The standard InChI is InChI=1S/C14H28N2O/c1-3-15-12(2)11-16-14(17)10-6-9-13-7-4-5-8-13/h12-13,15H,3-11H2,1-2H3,(H,16,17)/t12-/m1/s1. The number of hydrogen-bond acceptors (Lipinski definition) is 2. The number of rotatable bonds is 8. The zero-order chi connectivity index (χ0) is 12.5. The fourth-order valence-corrected chi connectivity index (χ4v) is 2.63. The van der Waals surface area contributed by atoms with E-state index in [0.717, 1.165) is 25.4 Å². The average molecular weight is 240 g/mol. The lowest BCUT2D eigenvalue weighted by molar-refractivity contribution is -0.121. The highest BCUT2D eigenvalue weighted by atomic mass is 16.1. The predicted octanol–water partition coefficient (Wildman–Crippen LogP) is 2.46. The highest BCUT2D eigenvalue weighted by Crippen LogP contribution is 2.28. The summed E-state index contributed by atoms with van der Waals surface area (Å²) in [6, 6.07) is 0.374. The van der Waals surface area contributed by atoms with Gasteiger partial charge in [-0.05, 0) is 32.2 Å². The molecule has 1 rings (SSSR count). The maximum atomic E-state index is 11.6. The van der Waals surface area contributed by atoms with Gasteiger partial charge in [0.2, 0.25) is 5.91 Å². The van der Waals surface area contributed by atoms with Gasteiger partial charge >= 0.3 is 0 Å². The van der Waals surface area contributed by atoms with Crippen LogP contribution in [0.2, 0.25) is 0 Å². The molecule has 0 aromatic heterocycles. The Kier molecular flexibility index (Phi) is 7.25. The molecule has 0 heterocycles. The molecule has 0 saturated heterocycles. The Morgan fingerprint density at radius 3 is 2.71 bits per heavy atom. The Balaban J connectivity index is 1.96. The molecule has 0 spiro atoms. The number of nitrogens with one attached hydrogen (secondary N) is 2. The molecule has 1 fully saturated rings. The Morgan fingerprint density at radius 2 is 2.06 bits per heavy atom. The summed E-state index contributed by atoms with van der Waals surface area (Å²) >= 11 is 0. The average Bonchev–Trinajstić information content (AvgIpc) is 2.80. The molecule has 1 atom stereocenters. The lowest BCUT2D eigenvalue weighted by Gasteiger charge is -2.13. The third-order valence-electron chi connectivity index (χ3n) is 3.65. The second-order valence-corrected chi connectivity index (χ2v) is 5.31. The van der Waals surface area contributed by atoms with E-state index in [0.29, 0.717) is 12.5 Å².